The minimum absolute atomic E-state index is 0.0429. The average molecular weight is 374 g/mol. The number of rotatable bonds is 4. The maximum absolute atomic E-state index is 12.8. The number of nitrogens with two attached hydrogens (primary N) is 1. The molecule has 6 nitrogen and oxygen atoms in total. The van der Waals surface area contributed by atoms with E-state index in [-0.39, 0.29) is 5.91 Å². The van der Waals surface area contributed by atoms with Crippen LogP contribution in [0.4, 0.5) is 11.5 Å². The Kier molecular flexibility index (Phi) is 5.10. The zero-order valence-electron chi connectivity index (χ0n) is 15.5. The van der Waals surface area contributed by atoms with E-state index in [4.69, 9.17) is 10.5 Å². The van der Waals surface area contributed by atoms with Gasteiger partial charge in [0.15, 0.2) is 0 Å². The summed E-state index contributed by atoms with van der Waals surface area (Å²) in [6.07, 6.45) is 1.78. The van der Waals surface area contributed by atoms with Crippen LogP contribution in [-0.2, 0) is 0 Å². The van der Waals surface area contributed by atoms with Crippen molar-refractivity contribution >= 4 is 17.4 Å². The summed E-state index contributed by atoms with van der Waals surface area (Å²) in [7, 11) is 0. The van der Waals surface area contributed by atoms with Crippen molar-refractivity contribution in [3.63, 3.8) is 0 Å². The topological polar surface area (TPSA) is 71.7 Å². The molecule has 28 heavy (non-hydrogen) atoms. The van der Waals surface area contributed by atoms with Crippen molar-refractivity contribution in [3.05, 3.63) is 78.5 Å². The van der Waals surface area contributed by atoms with E-state index in [0.29, 0.717) is 30.2 Å². The number of anilines is 2. The van der Waals surface area contributed by atoms with Crippen molar-refractivity contribution in [2.24, 2.45) is 0 Å². The number of nitrogen functional groups attached to an aromatic ring is 1. The number of hydrogen-bond acceptors (Lipinski definition) is 5. The summed E-state index contributed by atoms with van der Waals surface area (Å²) in [5.74, 6) is 2.04. The van der Waals surface area contributed by atoms with Crippen LogP contribution in [0.3, 0.4) is 0 Å². The molecule has 0 spiro atoms. The molecule has 2 heterocycles. The number of pyridine rings is 1. The first-order valence-corrected chi connectivity index (χ1v) is 9.28. The zero-order chi connectivity index (χ0) is 19.3. The first-order chi connectivity index (χ1) is 13.7. The Morgan fingerprint density at radius 3 is 2.18 bits per heavy atom. The Labute approximate surface area is 164 Å². The number of carbonyl (C=O) groups is 1. The average Bonchev–Trinajstić information content (AvgIpc) is 2.75. The normalized spacial score (nSPS) is 14.0. The summed E-state index contributed by atoms with van der Waals surface area (Å²) in [6, 6.07) is 20.6. The number of piperazine rings is 1. The number of carbonyl (C=O) groups excluding carboxylic acids is 1. The van der Waals surface area contributed by atoms with Gasteiger partial charge in [-0.2, -0.15) is 0 Å². The third kappa shape index (κ3) is 4.06. The van der Waals surface area contributed by atoms with E-state index in [9.17, 15) is 4.79 Å². The van der Waals surface area contributed by atoms with Gasteiger partial charge in [-0.3, -0.25) is 4.79 Å². The number of para-hydroxylation sites is 1. The van der Waals surface area contributed by atoms with Crippen molar-refractivity contribution in [1.82, 2.24) is 9.88 Å². The fourth-order valence-corrected chi connectivity index (χ4v) is 3.23. The van der Waals surface area contributed by atoms with E-state index in [1.807, 2.05) is 65.6 Å². The third-order valence-corrected chi connectivity index (χ3v) is 4.78. The molecule has 1 aromatic heterocycles. The highest BCUT2D eigenvalue weighted by atomic mass is 16.5. The molecule has 1 amide bonds. The number of amides is 1. The van der Waals surface area contributed by atoms with Gasteiger partial charge >= 0.3 is 0 Å². The molecule has 0 radical (unpaired) electrons. The molecule has 0 bridgehead atoms. The van der Waals surface area contributed by atoms with Crippen molar-refractivity contribution in [3.8, 4) is 11.5 Å². The molecule has 142 valence electrons. The predicted molar refractivity (Wildman–Crippen MR) is 110 cm³/mol. The van der Waals surface area contributed by atoms with Crippen LogP contribution in [0.5, 0.6) is 11.5 Å². The van der Waals surface area contributed by atoms with E-state index in [0.717, 1.165) is 24.5 Å². The summed E-state index contributed by atoms with van der Waals surface area (Å²) < 4.78 is 5.78. The lowest BCUT2D eigenvalue weighted by Gasteiger charge is -2.36. The fourth-order valence-electron chi connectivity index (χ4n) is 3.23. The molecule has 1 saturated heterocycles. The van der Waals surface area contributed by atoms with Crippen molar-refractivity contribution in [1.29, 1.82) is 0 Å². The molecule has 1 aliphatic rings. The van der Waals surface area contributed by atoms with Gasteiger partial charge in [0.1, 0.15) is 17.3 Å². The monoisotopic (exact) mass is 374 g/mol. The first kappa shape index (κ1) is 17.9. The lowest BCUT2D eigenvalue weighted by molar-refractivity contribution is 0.0747. The molecule has 3 aromatic rings. The van der Waals surface area contributed by atoms with Gasteiger partial charge in [-0.05, 0) is 48.5 Å². The van der Waals surface area contributed by atoms with Gasteiger partial charge in [0.25, 0.3) is 5.91 Å². The molecule has 2 aromatic carbocycles. The molecule has 1 aliphatic heterocycles. The van der Waals surface area contributed by atoms with Gasteiger partial charge in [-0.1, -0.05) is 18.2 Å². The molecule has 4 rings (SSSR count). The number of benzene rings is 2. The second-order valence-electron chi connectivity index (χ2n) is 6.66. The van der Waals surface area contributed by atoms with Crippen LogP contribution in [0.15, 0.2) is 72.9 Å². The standard InChI is InChI=1S/C22H22N4O2/c23-21-11-8-18(16-24-21)25-12-14-26(15-13-25)22(27)17-6-9-20(10-7-17)28-19-4-2-1-3-5-19/h1-11,16H,12-15H2,(H2,23,24). The summed E-state index contributed by atoms with van der Waals surface area (Å²) in [4.78, 5) is 21.0. The van der Waals surface area contributed by atoms with Crippen LogP contribution in [-0.4, -0.2) is 42.0 Å². The fraction of sp³-hybridized carbons (Fsp3) is 0.182. The molecule has 2 N–H and O–H groups in total. The Hall–Kier alpha value is -3.54. The van der Waals surface area contributed by atoms with Gasteiger partial charge in [-0.15, -0.1) is 0 Å². The maximum atomic E-state index is 12.8. The summed E-state index contributed by atoms with van der Waals surface area (Å²) in [6.45, 7) is 2.88. The second-order valence-corrected chi connectivity index (χ2v) is 6.66. The quantitative estimate of drug-likeness (QED) is 0.758. The Balaban J connectivity index is 1.35. The number of nitrogens with zero attached hydrogens (tertiary/aromatic N) is 3. The van der Waals surface area contributed by atoms with E-state index in [2.05, 4.69) is 9.88 Å². The SMILES string of the molecule is Nc1ccc(N2CCN(C(=O)c3ccc(Oc4ccccc4)cc3)CC2)cn1. The van der Waals surface area contributed by atoms with E-state index in [1.165, 1.54) is 0 Å². The van der Waals surface area contributed by atoms with Crippen LogP contribution in [0.1, 0.15) is 10.4 Å². The minimum atomic E-state index is 0.0429. The predicted octanol–water partition coefficient (Wildman–Crippen LogP) is 3.42. The molecule has 0 aliphatic carbocycles. The maximum Gasteiger partial charge on any atom is 0.253 e. The van der Waals surface area contributed by atoms with Gasteiger partial charge < -0.3 is 20.3 Å². The number of hydrogen-bond donors (Lipinski definition) is 1. The number of ether oxygens (including phenoxy) is 1. The van der Waals surface area contributed by atoms with Crippen LogP contribution in [0, 0.1) is 0 Å². The van der Waals surface area contributed by atoms with Crippen molar-refractivity contribution in [2.75, 3.05) is 36.8 Å². The lowest BCUT2D eigenvalue weighted by Crippen LogP contribution is -2.48. The molecular formula is C22H22N4O2. The minimum Gasteiger partial charge on any atom is -0.457 e. The summed E-state index contributed by atoms with van der Waals surface area (Å²) >= 11 is 0. The molecule has 1 fully saturated rings. The van der Waals surface area contributed by atoms with E-state index < -0.39 is 0 Å². The zero-order valence-corrected chi connectivity index (χ0v) is 15.5. The van der Waals surface area contributed by atoms with E-state index in [1.54, 1.807) is 12.3 Å². The second kappa shape index (κ2) is 8.00. The van der Waals surface area contributed by atoms with E-state index >= 15 is 0 Å². The van der Waals surface area contributed by atoms with Crippen LogP contribution >= 0.6 is 0 Å². The summed E-state index contributed by atoms with van der Waals surface area (Å²) in [5.41, 5.74) is 7.35. The van der Waals surface area contributed by atoms with Gasteiger partial charge in [0, 0.05) is 31.7 Å². The molecule has 0 saturated carbocycles. The smallest absolute Gasteiger partial charge is 0.253 e. The lowest BCUT2D eigenvalue weighted by atomic mass is 10.1. The highest BCUT2D eigenvalue weighted by Crippen LogP contribution is 2.22. The Bertz CT molecular complexity index is 919. The Morgan fingerprint density at radius 1 is 0.857 bits per heavy atom. The largest absolute Gasteiger partial charge is 0.457 e. The van der Waals surface area contributed by atoms with Crippen LogP contribution in [0.25, 0.3) is 0 Å². The van der Waals surface area contributed by atoms with Gasteiger partial charge in [-0.25, -0.2) is 4.98 Å². The van der Waals surface area contributed by atoms with Gasteiger partial charge in [0.2, 0.25) is 0 Å². The van der Waals surface area contributed by atoms with Crippen molar-refractivity contribution in [2.45, 2.75) is 0 Å². The highest BCUT2D eigenvalue weighted by molar-refractivity contribution is 5.94. The Morgan fingerprint density at radius 2 is 1.54 bits per heavy atom. The van der Waals surface area contributed by atoms with Gasteiger partial charge in [0.05, 0.1) is 11.9 Å². The molecular weight excluding hydrogens is 352 g/mol. The van der Waals surface area contributed by atoms with Crippen LogP contribution in [0.2, 0.25) is 0 Å². The molecule has 0 unspecified atom stereocenters. The summed E-state index contributed by atoms with van der Waals surface area (Å²) in [5, 5.41) is 0. The third-order valence-electron chi connectivity index (χ3n) is 4.78. The van der Waals surface area contributed by atoms with Crippen molar-refractivity contribution < 1.29 is 9.53 Å². The van der Waals surface area contributed by atoms with Crippen LogP contribution < -0.4 is 15.4 Å². The first-order valence-electron chi connectivity index (χ1n) is 9.28. The molecule has 0 atom stereocenters. The molecule has 6 heteroatoms. The highest BCUT2D eigenvalue weighted by Gasteiger charge is 2.22. The number of aromatic nitrogens is 1.